The van der Waals surface area contributed by atoms with Crippen LogP contribution in [0.3, 0.4) is 0 Å². The number of aromatic amines is 2. The van der Waals surface area contributed by atoms with Crippen LogP contribution in [0.25, 0.3) is 21.9 Å². The number of nitrogens with one attached hydrogen (secondary N) is 2. The molecule has 0 atom stereocenters. The van der Waals surface area contributed by atoms with Gasteiger partial charge in [-0.05, 0) is 171 Å². The minimum atomic E-state index is -0.976. The van der Waals surface area contributed by atoms with E-state index in [2.05, 4.69) is 10.3 Å². The average Bonchev–Trinajstić information content (AvgIpc) is 4.27. The number of fused-ring (bicyclic) bond motifs is 2. The summed E-state index contributed by atoms with van der Waals surface area (Å²) in [5.41, 5.74) is 3.62. The topological polar surface area (TPSA) is 278 Å². The molecule has 2 aromatic heterocycles. The number of ketones is 2. The van der Waals surface area contributed by atoms with E-state index in [4.69, 9.17) is 28.0 Å². The maximum absolute atomic E-state index is 13.2. The quantitative estimate of drug-likeness (QED) is 0.0387. The van der Waals surface area contributed by atoms with Gasteiger partial charge in [0.15, 0.2) is 22.7 Å². The number of aryl methyl sites for hydroxylation is 2. The molecule has 6 N–H and O–H groups in total. The molecule has 0 unspecified atom stereocenters. The van der Waals surface area contributed by atoms with E-state index in [0.29, 0.717) is 67.2 Å². The average molecular weight is 1040 g/mol. The van der Waals surface area contributed by atoms with Gasteiger partial charge in [0.1, 0.15) is 47.7 Å². The fourth-order valence-corrected chi connectivity index (χ4v) is 9.35. The number of phenols is 2. The van der Waals surface area contributed by atoms with Crippen LogP contribution in [-0.2, 0) is 35.6 Å². The summed E-state index contributed by atoms with van der Waals surface area (Å²) in [6, 6.07) is 29.1. The largest absolute Gasteiger partial charge is 0.507 e. The van der Waals surface area contributed by atoms with E-state index in [-0.39, 0.29) is 84.8 Å². The van der Waals surface area contributed by atoms with Gasteiger partial charge in [0.05, 0.1) is 34.1 Å². The van der Waals surface area contributed by atoms with Crippen LogP contribution >= 0.6 is 0 Å². The Hall–Kier alpha value is -9.06. The highest BCUT2D eigenvalue weighted by Crippen LogP contribution is 2.34. The second-order valence-corrected chi connectivity index (χ2v) is 18.8. The zero-order valence-electron chi connectivity index (χ0n) is 41.1. The third-order valence-corrected chi connectivity index (χ3v) is 13.4. The van der Waals surface area contributed by atoms with Gasteiger partial charge in [-0.1, -0.05) is 12.1 Å². The van der Waals surface area contributed by atoms with Gasteiger partial charge in [-0.3, -0.25) is 28.8 Å². The highest BCUT2D eigenvalue weighted by atomic mass is 16.5. The number of H-pyrrole nitrogens is 2. The number of hydrogen-bond acceptors (Lipinski definition) is 14. The van der Waals surface area contributed by atoms with E-state index in [1.54, 1.807) is 97.1 Å². The van der Waals surface area contributed by atoms with E-state index >= 15 is 0 Å². The molecular formula is C58H54N2O16. The van der Waals surface area contributed by atoms with Crippen molar-refractivity contribution in [1.29, 1.82) is 0 Å². The first-order valence-corrected chi connectivity index (χ1v) is 25.0. The van der Waals surface area contributed by atoms with E-state index < -0.39 is 23.5 Å². The number of ether oxygens (including phenoxy) is 4. The van der Waals surface area contributed by atoms with E-state index in [9.17, 15) is 49.2 Å². The first-order valence-electron chi connectivity index (χ1n) is 25.0. The van der Waals surface area contributed by atoms with E-state index in [0.717, 1.165) is 62.5 Å². The smallest absolute Gasteiger partial charge is 0.303 e. The fourth-order valence-electron chi connectivity index (χ4n) is 9.35. The minimum absolute atomic E-state index is 0.128. The number of phenolic OH excluding ortho intramolecular Hbond substituents is 2. The molecule has 8 aromatic rings. The molecule has 18 nitrogen and oxygen atoms in total. The Morgan fingerprint density at radius 2 is 0.921 bits per heavy atom. The predicted molar refractivity (Wildman–Crippen MR) is 276 cm³/mol. The molecule has 0 aliphatic heterocycles. The molecule has 0 spiro atoms. The van der Waals surface area contributed by atoms with Crippen LogP contribution in [0.5, 0.6) is 34.5 Å². The Kier molecular flexibility index (Phi) is 16.0. The van der Waals surface area contributed by atoms with Crippen molar-refractivity contribution >= 4 is 45.4 Å². The van der Waals surface area contributed by atoms with Crippen molar-refractivity contribution in [3.05, 3.63) is 174 Å². The molecule has 0 amide bonds. The summed E-state index contributed by atoms with van der Waals surface area (Å²) in [7, 11) is 0. The third kappa shape index (κ3) is 12.6. The van der Waals surface area contributed by atoms with E-state index in [1.807, 2.05) is 0 Å². The lowest BCUT2D eigenvalue weighted by Crippen LogP contribution is -2.11. The molecule has 2 fully saturated rings. The lowest BCUT2D eigenvalue weighted by Gasteiger charge is -2.15. The molecule has 392 valence electrons. The van der Waals surface area contributed by atoms with Crippen LogP contribution in [0.1, 0.15) is 118 Å². The normalized spacial score (nSPS) is 13.6. The molecule has 76 heavy (non-hydrogen) atoms. The molecule has 2 aliphatic carbocycles. The molecule has 0 bridgehead atoms. The van der Waals surface area contributed by atoms with Crippen LogP contribution in [-0.4, -0.2) is 66.5 Å². The van der Waals surface area contributed by atoms with Crippen molar-refractivity contribution in [1.82, 2.24) is 10.3 Å². The molecule has 18 heteroatoms. The number of carboxylic acid groups (broad SMARTS) is 2. The second-order valence-electron chi connectivity index (χ2n) is 18.8. The Bertz CT molecular complexity index is 3320. The summed E-state index contributed by atoms with van der Waals surface area (Å²) in [4.78, 5) is 72.3. The number of carboxylic acids is 2. The van der Waals surface area contributed by atoms with Gasteiger partial charge >= 0.3 is 11.9 Å². The van der Waals surface area contributed by atoms with Gasteiger partial charge in [-0.25, -0.2) is 0 Å². The van der Waals surface area contributed by atoms with Crippen molar-refractivity contribution in [3.63, 3.8) is 0 Å². The third-order valence-electron chi connectivity index (χ3n) is 13.4. The number of aliphatic carboxylic acids is 2. The summed E-state index contributed by atoms with van der Waals surface area (Å²) in [6.07, 6.45) is 8.67. The number of carbonyl (C=O) groups excluding carboxylic acids is 2. The zero-order valence-corrected chi connectivity index (χ0v) is 41.1. The Morgan fingerprint density at radius 3 is 1.30 bits per heavy atom. The second kappa shape index (κ2) is 23.4. The van der Waals surface area contributed by atoms with Gasteiger partial charge in [0, 0.05) is 36.1 Å². The van der Waals surface area contributed by atoms with Crippen LogP contribution < -0.4 is 30.1 Å². The fraction of sp³-hybridized carbons (Fsp3) is 0.276. The minimum Gasteiger partial charge on any atom is -0.507 e. The van der Waals surface area contributed by atoms with Crippen LogP contribution in [0.2, 0.25) is 0 Å². The van der Waals surface area contributed by atoms with Crippen molar-refractivity contribution < 1.29 is 67.6 Å². The Labute approximate surface area is 433 Å². The molecule has 2 heterocycles. The highest BCUT2D eigenvalue weighted by Gasteiger charge is 2.23. The maximum atomic E-state index is 13.2. The van der Waals surface area contributed by atoms with Crippen LogP contribution in [0.4, 0.5) is 0 Å². The van der Waals surface area contributed by atoms with Gasteiger partial charge in [0.25, 0.3) is 11.1 Å². The van der Waals surface area contributed by atoms with Gasteiger partial charge in [-0.2, -0.15) is 10.3 Å². The lowest BCUT2D eigenvalue weighted by atomic mass is 9.98. The van der Waals surface area contributed by atoms with Crippen LogP contribution in [0.15, 0.2) is 128 Å². The first-order chi connectivity index (χ1) is 36.7. The van der Waals surface area contributed by atoms with Crippen LogP contribution in [0, 0.1) is 0 Å². The molecule has 2 aliphatic rings. The number of aromatic nitrogens is 2. The molecule has 10 rings (SSSR count). The SMILES string of the molecule is O=C(O)CCc1cc(C(=O)c2ccc(OC3CCCC3)cc2O)ccc1OCc1ccc2c(=O)[nH]oc2c1.O=C(O)CCc1cc(C(=O)c2ccc(OC3CCCC3)cc2O)ccc1OCc1ccc2c(=O)[nH]oc2c1. The number of aromatic hydroxyl groups is 2. The summed E-state index contributed by atoms with van der Waals surface area (Å²) in [5, 5.41) is 44.9. The highest BCUT2D eigenvalue weighted by molar-refractivity contribution is 6.11. The Morgan fingerprint density at radius 1 is 0.513 bits per heavy atom. The van der Waals surface area contributed by atoms with Crippen molar-refractivity contribution in [2.24, 2.45) is 0 Å². The zero-order chi connectivity index (χ0) is 53.3. The first kappa shape index (κ1) is 51.8. The number of carbonyl (C=O) groups is 4. The number of benzene rings is 6. The van der Waals surface area contributed by atoms with E-state index in [1.165, 1.54) is 12.1 Å². The van der Waals surface area contributed by atoms with Gasteiger partial charge in [-0.15, -0.1) is 0 Å². The predicted octanol–water partition coefficient (Wildman–Crippen LogP) is 9.95. The maximum Gasteiger partial charge on any atom is 0.303 e. The lowest BCUT2D eigenvalue weighted by molar-refractivity contribution is -0.138. The summed E-state index contributed by atoms with van der Waals surface area (Å²) in [5.74, 6) is -1.19. The van der Waals surface area contributed by atoms with Gasteiger partial charge < -0.3 is 48.4 Å². The summed E-state index contributed by atoms with van der Waals surface area (Å²) >= 11 is 0. The van der Waals surface area contributed by atoms with Crippen molar-refractivity contribution in [2.45, 2.75) is 102 Å². The van der Waals surface area contributed by atoms with Gasteiger partial charge in [0.2, 0.25) is 0 Å². The summed E-state index contributed by atoms with van der Waals surface area (Å²) in [6.45, 7) is 0.281. The molecular weight excluding hydrogens is 981 g/mol. The standard InChI is InChI=1S/2C29H27NO8/c2*31-24-15-21(37-20-3-1-2-4-20)8-10-22(24)28(34)19-6-11-25(18(14-19)7-12-27(32)33)36-16-17-5-9-23-26(13-17)38-30-29(23)35/h2*5-6,8-11,13-15,20,31H,1-4,7,12,16H2,(H,30,35)(H,32,33). The number of rotatable bonds is 20. The molecule has 0 radical (unpaired) electrons. The Balaban J connectivity index is 0.000000186. The van der Waals surface area contributed by atoms with Crippen molar-refractivity contribution in [2.75, 3.05) is 0 Å². The number of hydrogen-bond donors (Lipinski definition) is 6. The molecule has 6 aromatic carbocycles. The summed E-state index contributed by atoms with van der Waals surface area (Å²) < 4.78 is 34.0. The monoisotopic (exact) mass is 1030 g/mol. The van der Waals surface area contributed by atoms with Crippen molar-refractivity contribution in [3.8, 4) is 34.5 Å². The molecule has 0 saturated heterocycles. The molecule has 2 saturated carbocycles.